The van der Waals surface area contributed by atoms with Crippen LogP contribution in [0.15, 0.2) is 6.20 Å². The lowest BCUT2D eigenvalue weighted by Gasteiger charge is -2.13. The molecule has 15 heavy (non-hydrogen) atoms. The minimum absolute atomic E-state index is 0.110. The highest BCUT2D eigenvalue weighted by Crippen LogP contribution is 2.30. The molecule has 3 nitrogen and oxygen atoms in total. The molecule has 0 saturated carbocycles. The normalized spacial score (nSPS) is 25.9. The Kier molecular flexibility index (Phi) is 2.78. The molecule has 82 valence electrons. The molecule has 1 saturated heterocycles. The molecule has 0 aromatic carbocycles. The fourth-order valence-electron chi connectivity index (χ4n) is 1.86. The average molecular weight is 224 g/mol. The van der Waals surface area contributed by atoms with E-state index in [-0.39, 0.29) is 5.78 Å². The molecule has 2 unspecified atom stereocenters. The third-order valence-corrected chi connectivity index (χ3v) is 4.26. The van der Waals surface area contributed by atoms with Gasteiger partial charge in [0.15, 0.2) is 10.9 Å². The van der Waals surface area contributed by atoms with Crippen LogP contribution in [0, 0.1) is 11.8 Å². The van der Waals surface area contributed by atoms with Gasteiger partial charge in [0.25, 0.3) is 0 Å². The summed E-state index contributed by atoms with van der Waals surface area (Å²) in [5.41, 5.74) is 0. The highest BCUT2D eigenvalue weighted by molar-refractivity contribution is 7.17. The van der Waals surface area contributed by atoms with E-state index in [2.05, 4.69) is 23.7 Å². The summed E-state index contributed by atoms with van der Waals surface area (Å²) in [6.07, 6.45) is 1.69. The first kappa shape index (κ1) is 10.6. The van der Waals surface area contributed by atoms with Gasteiger partial charge < -0.3 is 4.90 Å². The molecule has 2 atom stereocenters. The molecule has 1 aliphatic rings. The minimum Gasteiger partial charge on any atom is -0.348 e. The van der Waals surface area contributed by atoms with Gasteiger partial charge in [-0.2, -0.15) is 0 Å². The second-order valence-corrected chi connectivity index (χ2v) is 5.43. The molecule has 0 spiro atoms. The molecule has 0 radical (unpaired) electrons. The number of carbonyl (C=O) groups excluding carboxylic acids is 1. The average Bonchev–Trinajstić information content (AvgIpc) is 2.74. The molecule has 1 aromatic heterocycles. The van der Waals surface area contributed by atoms with E-state index in [0.29, 0.717) is 0 Å². The fraction of sp³-hybridized carbons (Fsp3) is 0.636. The highest BCUT2D eigenvalue weighted by atomic mass is 32.1. The molecule has 2 heterocycles. The molecule has 1 fully saturated rings. The Morgan fingerprint density at radius 1 is 1.47 bits per heavy atom. The van der Waals surface area contributed by atoms with Crippen LogP contribution in [-0.2, 0) is 0 Å². The lowest BCUT2D eigenvalue weighted by Crippen LogP contribution is -2.18. The van der Waals surface area contributed by atoms with Gasteiger partial charge in [-0.25, -0.2) is 4.98 Å². The highest BCUT2D eigenvalue weighted by Gasteiger charge is 2.27. The Bertz CT molecular complexity index is 364. The van der Waals surface area contributed by atoms with E-state index in [0.717, 1.165) is 34.9 Å². The van der Waals surface area contributed by atoms with E-state index in [1.54, 1.807) is 13.1 Å². The van der Waals surface area contributed by atoms with Crippen LogP contribution in [0.5, 0.6) is 0 Å². The number of nitrogens with zero attached hydrogens (tertiary/aromatic N) is 2. The quantitative estimate of drug-likeness (QED) is 0.723. The van der Waals surface area contributed by atoms with E-state index in [1.165, 1.54) is 11.3 Å². The molecular formula is C11H16N2OS. The molecule has 1 aliphatic heterocycles. The van der Waals surface area contributed by atoms with E-state index in [9.17, 15) is 4.79 Å². The van der Waals surface area contributed by atoms with Crippen molar-refractivity contribution in [3.63, 3.8) is 0 Å². The van der Waals surface area contributed by atoms with E-state index >= 15 is 0 Å². The standard InChI is InChI=1S/C11H16N2OS/c1-7-5-13(6-8(7)2)11-12-4-10(15-11)9(3)14/h4,7-8H,5-6H2,1-3H3. The third-order valence-electron chi connectivity index (χ3n) is 3.10. The van der Waals surface area contributed by atoms with Crippen molar-refractivity contribution in [1.82, 2.24) is 4.98 Å². The Balaban J connectivity index is 2.14. The maximum absolute atomic E-state index is 11.2. The largest absolute Gasteiger partial charge is 0.348 e. The second-order valence-electron chi connectivity index (χ2n) is 4.42. The van der Waals surface area contributed by atoms with Crippen LogP contribution in [0.3, 0.4) is 0 Å². The van der Waals surface area contributed by atoms with Crippen LogP contribution < -0.4 is 4.90 Å². The Morgan fingerprint density at radius 2 is 2.07 bits per heavy atom. The maximum atomic E-state index is 11.2. The first-order chi connectivity index (χ1) is 7.08. The topological polar surface area (TPSA) is 33.2 Å². The first-order valence-corrected chi connectivity index (χ1v) is 6.11. The fourth-order valence-corrected chi connectivity index (χ4v) is 2.69. The van der Waals surface area contributed by atoms with Gasteiger partial charge >= 0.3 is 0 Å². The van der Waals surface area contributed by atoms with Crippen molar-refractivity contribution in [2.45, 2.75) is 20.8 Å². The Hall–Kier alpha value is -0.900. The number of ketones is 1. The van der Waals surface area contributed by atoms with Crippen LogP contribution in [0.25, 0.3) is 0 Å². The smallest absolute Gasteiger partial charge is 0.185 e. The van der Waals surface area contributed by atoms with Gasteiger partial charge in [-0.15, -0.1) is 0 Å². The predicted molar refractivity (Wildman–Crippen MR) is 62.7 cm³/mol. The van der Waals surface area contributed by atoms with Gasteiger partial charge in [-0.05, 0) is 11.8 Å². The van der Waals surface area contributed by atoms with Crippen LogP contribution >= 0.6 is 11.3 Å². The minimum atomic E-state index is 0.110. The number of anilines is 1. The van der Waals surface area contributed by atoms with Gasteiger partial charge in [0.2, 0.25) is 0 Å². The molecule has 0 N–H and O–H groups in total. The SMILES string of the molecule is CC(=O)c1cnc(N2CC(C)C(C)C2)s1. The molecular weight excluding hydrogens is 208 g/mol. The van der Waals surface area contributed by atoms with E-state index < -0.39 is 0 Å². The van der Waals surface area contributed by atoms with Gasteiger partial charge in [-0.3, -0.25) is 4.79 Å². The van der Waals surface area contributed by atoms with Crippen LogP contribution in [0.2, 0.25) is 0 Å². The molecule has 0 bridgehead atoms. The molecule has 4 heteroatoms. The first-order valence-electron chi connectivity index (χ1n) is 5.29. The third kappa shape index (κ3) is 2.04. The number of Topliss-reactive ketones (excluding diaryl/α,β-unsaturated/α-hetero) is 1. The summed E-state index contributed by atoms with van der Waals surface area (Å²) >= 11 is 1.51. The van der Waals surface area contributed by atoms with Crippen LogP contribution in [0.4, 0.5) is 5.13 Å². The Labute approximate surface area is 94.1 Å². The zero-order valence-electron chi connectivity index (χ0n) is 9.36. The van der Waals surface area contributed by atoms with Gasteiger partial charge in [-0.1, -0.05) is 25.2 Å². The van der Waals surface area contributed by atoms with Gasteiger partial charge in [0.1, 0.15) is 0 Å². The van der Waals surface area contributed by atoms with Crippen molar-refractivity contribution >= 4 is 22.3 Å². The van der Waals surface area contributed by atoms with E-state index in [1.807, 2.05) is 0 Å². The van der Waals surface area contributed by atoms with Crippen LogP contribution in [0.1, 0.15) is 30.4 Å². The number of hydrogen-bond acceptors (Lipinski definition) is 4. The molecule has 2 rings (SSSR count). The molecule has 1 aromatic rings. The summed E-state index contributed by atoms with van der Waals surface area (Å²) in [6.45, 7) is 8.25. The monoisotopic (exact) mass is 224 g/mol. The molecule has 0 amide bonds. The molecule has 0 aliphatic carbocycles. The summed E-state index contributed by atoms with van der Waals surface area (Å²) in [7, 11) is 0. The number of carbonyl (C=O) groups is 1. The van der Waals surface area contributed by atoms with Gasteiger partial charge in [0, 0.05) is 20.0 Å². The van der Waals surface area contributed by atoms with E-state index in [4.69, 9.17) is 0 Å². The number of rotatable bonds is 2. The zero-order chi connectivity index (χ0) is 11.0. The second kappa shape index (κ2) is 3.93. The summed E-state index contributed by atoms with van der Waals surface area (Å²) in [6, 6.07) is 0. The van der Waals surface area contributed by atoms with Crippen LogP contribution in [-0.4, -0.2) is 23.9 Å². The summed E-state index contributed by atoms with van der Waals surface area (Å²) in [5, 5.41) is 0.997. The van der Waals surface area contributed by atoms with Crippen molar-refractivity contribution in [2.75, 3.05) is 18.0 Å². The number of thiazole rings is 1. The lowest BCUT2D eigenvalue weighted by atomic mass is 10.0. The van der Waals surface area contributed by atoms with Crippen molar-refractivity contribution < 1.29 is 4.79 Å². The summed E-state index contributed by atoms with van der Waals surface area (Å²) < 4.78 is 0. The predicted octanol–water partition coefficient (Wildman–Crippen LogP) is 2.44. The zero-order valence-corrected chi connectivity index (χ0v) is 10.2. The summed E-state index contributed by atoms with van der Waals surface area (Å²) in [4.78, 5) is 18.5. The number of hydrogen-bond donors (Lipinski definition) is 0. The number of aromatic nitrogens is 1. The van der Waals surface area contributed by atoms with Crippen molar-refractivity contribution in [3.05, 3.63) is 11.1 Å². The van der Waals surface area contributed by atoms with Crippen molar-refractivity contribution in [3.8, 4) is 0 Å². The maximum Gasteiger partial charge on any atom is 0.185 e. The summed E-state index contributed by atoms with van der Waals surface area (Å²) in [5.74, 6) is 1.54. The van der Waals surface area contributed by atoms with Crippen molar-refractivity contribution in [2.24, 2.45) is 11.8 Å². The Morgan fingerprint density at radius 3 is 2.53 bits per heavy atom. The lowest BCUT2D eigenvalue weighted by molar-refractivity contribution is 0.102. The van der Waals surface area contributed by atoms with Crippen molar-refractivity contribution in [1.29, 1.82) is 0 Å². The van der Waals surface area contributed by atoms with Gasteiger partial charge in [0.05, 0.1) is 11.1 Å².